The van der Waals surface area contributed by atoms with Crippen LogP contribution < -0.4 is 30.9 Å². The first-order valence-electron chi connectivity index (χ1n) is 39.0. The van der Waals surface area contributed by atoms with Crippen LogP contribution in [0, 0.1) is 10.8 Å². The van der Waals surface area contributed by atoms with Gasteiger partial charge in [0.15, 0.2) is 0 Å². The van der Waals surface area contributed by atoms with E-state index in [0.717, 1.165) is 121 Å². The molecule has 4 fully saturated rings. The lowest BCUT2D eigenvalue weighted by atomic mass is 9.71. The Morgan fingerprint density at radius 3 is 2.19 bits per heavy atom. The summed E-state index contributed by atoms with van der Waals surface area (Å²) in [5, 5.41) is 21.3. The van der Waals surface area contributed by atoms with Gasteiger partial charge in [-0.1, -0.05) is 94.1 Å². The molecule has 1 aliphatic carbocycles. The zero-order chi connectivity index (χ0) is 80.4. The van der Waals surface area contributed by atoms with E-state index < -0.39 is 93.4 Å². The molecule has 31 heteroatoms. The number of morpholine rings is 1. The first-order valence-corrected chi connectivity index (χ1v) is 44.2. The van der Waals surface area contributed by atoms with Crippen LogP contribution >= 0.6 is 34.7 Å². The second-order valence-electron chi connectivity index (χ2n) is 31.9. The number of anilines is 3. The molecule has 113 heavy (non-hydrogen) atoms. The lowest BCUT2D eigenvalue weighted by Crippen LogP contribution is -2.57. The summed E-state index contributed by atoms with van der Waals surface area (Å²) in [7, 11) is -11.2. The maximum Gasteiger partial charge on any atom is 0.501 e. The Morgan fingerprint density at radius 2 is 1.50 bits per heavy atom. The average Bonchev–Trinajstić information content (AvgIpc) is 1.44. The minimum atomic E-state index is -6.13. The number of aliphatic hydroxyl groups is 1. The fourth-order valence-electron chi connectivity index (χ4n) is 15.9. The van der Waals surface area contributed by atoms with Gasteiger partial charge in [0, 0.05) is 150 Å². The van der Waals surface area contributed by atoms with E-state index >= 15 is 0 Å². The predicted molar refractivity (Wildman–Crippen MR) is 434 cm³/mol. The van der Waals surface area contributed by atoms with Crippen molar-refractivity contribution in [3.63, 3.8) is 0 Å². The highest BCUT2D eigenvalue weighted by Gasteiger charge is 2.50. The maximum absolute atomic E-state index is 14.4. The summed E-state index contributed by atoms with van der Waals surface area (Å²) in [6, 6.07) is 29.2. The van der Waals surface area contributed by atoms with E-state index in [2.05, 4.69) is 64.9 Å². The molecule has 6 heterocycles. The highest BCUT2D eigenvalue weighted by atomic mass is 35.5. The second-order valence-corrected chi connectivity index (χ2v) is 38.0. The van der Waals surface area contributed by atoms with Crippen LogP contribution in [-0.4, -0.2) is 221 Å². The Morgan fingerprint density at radius 1 is 0.796 bits per heavy atom. The van der Waals surface area contributed by atoms with Gasteiger partial charge in [0.05, 0.1) is 52.0 Å². The number of halogens is 4. The summed E-state index contributed by atoms with van der Waals surface area (Å²) in [6.45, 7) is 20.3. The van der Waals surface area contributed by atoms with Gasteiger partial charge in [-0.25, -0.2) is 21.8 Å². The molecule has 0 radical (unpaired) electrons. The largest absolute Gasteiger partial charge is 0.501 e. The number of aliphatic hydroxyl groups excluding tert-OH is 1. The van der Waals surface area contributed by atoms with Crippen molar-refractivity contribution in [2.75, 3.05) is 126 Å². The highest BCUT2D eigenvalue weighted by molar-refractivity contribution is 8.06. The molecular formula is C82H103ClF3N11O12S4. The van der Waals surface area contributed by atoms with Crippen molar-refractivity contribution < 1.29 is 68.6 Å². The predicted octanol–water partition coefficient (Wildman–Crippen LogP) is 12.6. The zero-order valence-electron chi connectivity index (χ0n) is 64.7. The van der Waals surface area contributed by atoms with Crippen molar-refractivity contribution in [3.05, 3.63) is 148 Å². The molecule has 0 bridgehead atoms. The number of likely N-dealkylation sites (tertiary alicyclic amines) is 1. The van der Waals surface area contributed by atoms with E-state index in [-0.39, 0.29) is 42.3 Å². The third kappa shape index (κ3) is 21.5. The van der Waals surface area contributed by atoms with Gasteiger partial charge in [-0.3, -0.25) is 38.7 Å². The Kier molecular flexibility index (Phi) is 27.8. The van der Waals surface area contributed by atoms with E-state index in [1.807, 2.05) is 93.3 Å². The number of β-amino-alcohol motifs (C(OH)–C–C–N with tert-alkyl or cyclic N) is 1. The van der Waals surface area contributed by atoms with Gasteiger partial charge in [-0.2, -0.15) is 13.2 Å². The van der Waals surface area contributed by atoms with Crippen molar-refractivity contribution in [3.8, 4) is 16.2 Å². The number of nitrogens with zero attached hydrogens (tertiary/aromatic N) is 7. The van der Waals surface area contributed by atoms with E-state index in [0.29, 0.717) is 114 Å². The molecule has 0 saturated carbocycles. The van der Waals surface area contributed by atoms with Crippen LogP contribution in [0.15, 0.2) is 141 Å². The van der Waals surface area contributed by atoms with Crippen LogP contribution in [0.4, 0.5) is 35.0 Å². The van der Waals surface area contributed by atoms with Gasteiger partial charge in [-0.05, 0) is 152 Å². The monoisotopic (exact) mass is 1650 g/mol. The molecule has 5 aromatic carbocycles. The number of carbonyl (C=O) groups excluding carboxylic acids is 5. The average molecular weight is 1660 g/mol. The number of fused-ring (bicyclic) bond motifs is 3. The Labute approximate surface area is 673 Å². The number of hydrogen-bond acceptors (Lipinski definition) is 20. The zero-order valence-corrected chi connectivity index (χ0v) is 68.7. The van der Waals surface area contributed by atoms with E-state index in [4.69, 9.17) is 21.1 Å². The first kappa shape index (κ1) is 84.7. The van der Waals surface area contributed by atoms with Crippen LogP contribution in [0.2, 0.25) is 5.02 Å². The number of rotatable bonds is 29. The lowest BCUT2D eigenvalue weighted by molar-refractivity contribution is -0.144. The lowest BCUT2D eigenvalue weighted by Gasteiger charge is -2.44. The first-order chi connectivity index (χ1) is 53.9. The number of aromatic nitrogens is 1. The fourth-order valence-corrected chi connectivity index (χ4v) is 19.8. The number of piperazine rings is 2. The van der Waals surface area contributed by atoms with Crippen LogP contribution in [0.3, 0.4) is 0 Å². The molecule has 0 unspecified atom stereocenters. The number of amides is 5. The number of alkyl halides is 3. The normalized spacial score (nSPS) is 20.4. The van der Waals surface area contributed by atoms with E-state index in [9.17, 15) is 59.1 Å². The topological polar surface area (TPSA) is 273 Å². The summed E-state index contributed by atoms with van der Waals surface area (Å²) in [4.78, 5) is 85.8. The molecule has 5 amide bonds. The Hall–Kier alpha value is -7.65. The second kappa shape index (κ2) is 37.1. The van der Waals surface area contributed by atoms with Crippen molar-refractivity contribution in [2.45, 2.75) is 162 Å². The molecular weight excluding hydrogens is 1550 g/mol. The number of benzene rings is 5. The maximum atomic E-state index is 14.4. The minimum absolute atomic E-state index is 0.0308. The molecule has 610 valence electrons. The number of carbonyl (C=O) groups is 5. The summed E-state index contributed by atoms with van der Waals surface area (Å²) in [5.74, 6) is 0.0746. The number of allylic oxidation sites excluding steroid dienone is 1. The fraction of sp³-hybridized carbons (Fsp3) is 0.512. The van der Waals surface area contributed by atoms with Crippen molar-refractivity contribution >= 4 is 106 Å². The van der Waals surface area contributed by atoms with Gasteiger partial charge in [0.1, 0.15) is 29.3 Å². The standard InChI is InChI=1S/C82H103ClF3N11O12S4/c1-55(57-19-27-67-71(45-57)109-51-69-75(67)111-54-87-69)88-77(101)70-46-63(98)50-97(70)78(102)76(80(2,3)4)91-73(99)15-11-6-7-12-16-74(100)96-39-35-94(36-40-96)53-81(5)31-29-66(56-17-20-59(83)21-18-56)58(48-81)49-93-33-37-95(38-34-93)62-24-22-60(23-25-62)90-79(103)112(104,105)65-26-28-68(72(47-65)113(106,107)82(84,85)86)89-61(30-32-92-41-43-108-44-42-92)52-110-64-13-9-8-10-14-64/h8-10,13-14,17-28,45,47,54-55,61,63,70,76,89,98H,6-7,11-12,15-16,29-44,46,48-53H2,1-5H3,(H,88,101)(H,90,103)(H,91,99)/t55-,61-,63-,70+,76-,81-/m1/s1. The smallest absolute Gasteiger partial charge is 0.487 e. The van der Waals surface area contributed by atoms with Crippen LogP contribution in [0.25, 0.3) is 16.0 Å². The van der Waals surface area contributed by atoms with Gasteiger partial charge >= 0.3 is 10.7 Å². The summed E-state index contributed by atoms with van der Waals surface area (Å²) in [6.07, 6.45) is 5.71. The number of hydrogen-bond donors (Lipinski definition) is 5. The molecule has 6 aliphatic rings. The molecule has 5 aliphatic heterocycles. The van der Waals surface area contributed by atoms with Gasteiger partial charge in [0.25, 0.3) is 19.7 Å². The number of thioether (sulfide) groups is 1. The molecule has 6 atom stereocenters. The summed E-state index contributed by atoms with van der Waals surface area (Å²) >= 11 is 9.38. The molecule has 23 nitrogen and oxygen atoms in total. The molecule has 6 aromatic rings. The van der Waals surface area contributed by atoms with E-state index in [1.54, 1.807) is 41.1 Å². The van der Waals surface area contributed by atoms with E-state index in [1.165, 1.54) is 27.8 Å². The molecule has 4 saturated heterocycles. The van der Waals surface area contributed by atoms with Gasteiger partial charge in [0.2, 0.25) is 23.6 Å². The number of sulfone groups is 2. The highest BCUT2D eigenvalue weighted by Crippen LogP contribution is 2.46. The minimum Gasteiger partial charge on any atom is -0.487 e. The summed E-state index contributed by atoms with van der Waals surface area (Å²) < 4.78 is 109. The molecule has 5 N–H and O–H groups in total. The van der Waals surface area contributed by atoms with Crippen LogP contribution in [-0.2, 0) is 50.2 Å². The van der Waals surface area contributed by atoms with Gasteiger partial charge in [-0.15, -0.1) is 23.1 Å². The van der Waals surface area contributed by atoms with Gasteiger partial charge < -0.3 is 50.5 Å². The van der Waals surface area contributed by atoms with Crippen molar-refractivity contribution in [2.24, 2.45) is 10.8 Å². The molecule has 0 spiro atoms. The van der Waals surface area contributed by atoms with Crippen LogP contribution in [0.5, 0.6) is 5.75 Å². The summed E-state index contributed by atoms with van der Waals surface area (Å²) in [5.41, 5.74) is 2.28. The molecule has 12 rings (SSSR count). The SMILES string of the molecule is C[C@@H](NC(=O)[C@@H]1C[C@@H](O)CN1C(=O)[C@@H](NC(=O)CCCCCCC(=O)N1CCN(C[C@]2(C)CCC(c3ccc(Cl)cc3)=C(CN3CCN(c4ccc(NC(=O)S(=O)(=O)c5ccc(N[C@H](CCN6CCOCC6)CSc6ccccc6)c(S(=O)(=O)C(F)(F)F)c5)cc4)CC3)C2)CC1)C(C)(C)C)c1ccc2c(c1)OCc1ncsc1-2. The number of unbranched alkanes of at least 4 members (excludes halogenated alkanes) is 3. The molecule has 1 aromatic heterocycles. The third-order valence-electron chi connectivity index (χ3n) is 22.3. The third-order valence-corrected chi connectivity index (χ3v) is 27.6. The Balaban J connectivity index is 0.581. The number of thiazole rings is 1. The number of nitrogens with one attached hydrogen (secondary N) is 4. The van der Waals surface area contributed by atoms with Crippen LogP contribution in [0.1, 0.15) is 128 Å². The van der Waals surface area contributed by atoms with Crippen molar-refractivity contribution in [1.82, 2.24) is 40.1 Å². The number of ether oxygens (including phenoxy) is 2. The quantitative estimate of drug-likeness (QED) is 0.0216. The van der Waals surface area contributed by atoms with Crippen molar-refractivity contribution in [1.29, 1.82) is 0 Å². The Bertz CT molecular complexity index is 4610.